The summed E-state index contributed by atoms with van der Waals surface area (Å²) in [4.78, 5) is 11.3. The van der Waals surface area contributed by atoms with Gasteiger partial charge in [0.15, 0.2) is 27.4 Å². The van der Waals surface area contributed by atoms with E-state index in [0.29, 0.717) is 22.3 Å². The Balaban J connectivity index is 1.81. The zero-order valence-electron chi connectivity index (χ0n) is 16.8. The highest BCUT2D eigenvalue weighted by atomic mass is 32.2. The summed E-state index contributed by atoms with van der Waals surface area (Å²) in [6, 6.07) is 12.4. The van der Waals surface area contributed by atoms with E-state index in [9.17, 15) is 27.1 Å². The van der Waals surface area contributed by atoms with Crippen molar-refractivity contribution < 1.29 is 36.6 Å². The van der Waals surface area contributed by atoms with Crippen molar-refractivity contribution in [1.29, 1.82) is 0 Å². The molecule has 1 heterocycles. The molecule has 0 saturated heterocycles. The smallest absolute Gasteiger partial charge is 0.175 e. The Kier molecular flexibility index (Phi) is 5.60. The van der Waals surface area contributed by atoms with Crippen LogP contribution in [0, 0.1) is 11.6 Å². The van der Waals surface area contributed by atoms with Crippen LogP contribution in [0.2, 0.25) is 0 Å². The van der Waals surface area contributed by atoms with Crippen molar-refractivity contribution in [2.24, 2.45) is 0 Å². The van der Waals surface area contributed by atoms with Crippen LogP contribution in [0.3, 0.4) is 0 Å². The minimum Gasteiger partial charge on any atom is -0.546 e. The van der Waals surface area contributed by atoms with Crippen molar-refractivity contribution in [3.05, 3.63) is 77.4 Å². The van der Waals surface area contributed by atoms with E-state index >= 15 is 0 Å². The molecule has 9 heteroatoms. The van der Waals surface area contributed by atoms with Gasteiger partial charge in [0.05, 0.1) is 10.9 Å². The van der Waals surface area contributed by atoms with Gasteiger partial charge >= 0.3 is 0 Å². The number of fused-ring (bicyclic) bond motifs is 1. The summed E-state index contributed by atoms with van der Waals surface area (Å²) in [7, 11) is -3.40. The number of sulfone groups is 1. The normalized spacial score (nSPS) is 15.4. The first-order valence-corrected chi connectivity index (χ1v) is 11.4. The first-order chi connectivity index (χ1) is 15.1. The van der Waals surface area contributed by atoms with Gasteiger partial charge in [-0.1, -0.05) is 12.1 Å². The van der Waals surface area contributed by atoms with Gasteiger partial charge in [0.25, 0.3) is 0 Å². The zero-order chi connectivity index (χ0) is 23.0. The van der Waals surface area contributed by atoms with Gasteiger partial charge in [-0.25, -0.2) is 17.2 Å². The predicted octanol–water partition coefficient (Wildman–Crippen LogP) is 2.52. The average Bonchev–Trinajstić information content (AvgIpc) is 2.71. The summed E-state index contributed by atoms with van der Waals surface area (Å²) < 4.78 is 61.9. The number of carboxylic acids is 1. The molecular weight excluding hydrogens is 442 g/mol. The molecule has 3 aromatic carbocycles. The third kappa shape index (κ3) is 4.57. The van der Waals surface area contributed by atoms with Crippen molar-refractivity contribution in [2.75, 3.05) is 12.9 Å². The number of ether oxygens (including phenoxy) is 2. The first kappa shape index (κ1) is 21.8. The number of hydrogen-bond donors (Lipinski definition) is 0. The minimum absolute atomic E-state index is 0.129. The Hall–Kier alpha value is -3.46. The van der Waals surface area contributed by atoms with Crippen LogP contribution in [0.15, 0.2) is 59.5 Å². The molecule has 1 atom stereocenters. The van der Waals surface area contributed by atoms with E-state index in [1.165, 1.54) is 24.3 Å². The van der Waals surface area contributed by atoms with E-state index in [1.54, 1.807) is 24.3 Å². The van der Waals surface area contributed by atoms with E-state index in [4.69, 9.17) is 9.47 Å². The summed E-state index contributed by atoms with van der Waals surface area (Å²) in [5, 5.41) is 11.2. The third-order valence-electron chi connectivity index (χ3n) is 5.00. The maximum atomic E-state index is 13.7. The van der Waals surface area contributed by atoms with Crippen molar-refractivity contribution in [3.8, 4) is 22.6 Å². The molecular formula is C23H17F2O6S-. The lowest BCUT2D eigenvalue weighted by molar-refractivity contribution is -0.315. The maximum Gasteiger partial charge on any atom is 0.175 e. The number of hydrogen-bond acceptors (Lipinski definition) is 6. The fourth-order valence-electron chi connectivity index (χ4n) is 3.51. The molecule has 0 aromatic heterocycles. The topological polar surface area (TPSA) is 92.7 Å². The lowest BCUT2D eigenvalue weighted by Gasteiger charge is -2.28. The number of benzene rings is 3. The minimum atomic E-state index is -3.40. The Morgan fingerprint density at radius 3 is 2.28 bits per heavy atom. The standard InChI is InChI=1S/C23H18F2O6S/c1-32(28,29)18-4-2-14(3-5-18)19-11-21-20(30-12-22(31-21)23(26)27)9-15(19)6-13-7-16(24)10-17(25)8-13/h2-5,7-11,22H,6,12H2,1H3,(H,26,27)/p-1. The molecule has 4 rings (SSSR count). The fourth-order valence-corrected chi connectivity index (χ4v) is 4.14. The molecule has 0 spiro atoms. The summed E-state index contributed by atoms with van der Waals surface area (Å²) >= 11 is 0. The van der Waals surface area contributed by atoms with E-state index in [2.05, 4.69) is 0 Å². The van der Waals surface area contributed by atoms with E-state index < -0.39 is 33.5 Å². The van der Waals surface area contributed by atoms with E-state index in [0.717, 1.165) is 12.3 Å². The predicted molar refractivity (Wildman–Crippen MR) is 109 cm³/mol. The molecule has 0 bridgehead atoms. The van der Waals surface area contributed by atoms with Crippen LogP contribution in [0.25, 0.3) is 11.1 Å². The van der Waals surface area contributed by atoms with Gasteiger partial charge in [-0.15, -0.1) is 0 Å². The molecule has 1 aliphatic heterocycles. The molecule has 166 valence electrons. The molecule has 32 heavy (non-hydrogen) atoms. The van der Waals surface area contributed by atoms with Gasteiger partial charge in [-0.2, -0.15) is 0 Å². The molecule has 0 N–H and O–H groups in total. The number of halogens is 2. The molecule has 0 amide bonds. The number of aliphatic carboxylic acids is 1. The monoisotopic (exact) mass is 459 g/mol. The van der Waals surface area contributed by atoms with Gasteiger partial charge in [0.1, 0.15) is 18.2 Å². The summed E-state index contributed by atoms with van der Waals surface area (Å²) in [6.07, 6.45) is -0.0554. The molecule has 3 aromatic rings. The number of carbonyl (C=O) groups is 1. The summed E-state index contributed by atoms with van der Waals surface area (Å²) in [6.45, 7) is -0.244. The second-order valence-corrected chi connectivity index (χ2v) is 9.46. The van der Waals surface area contributed by atoms with Gasteiger partial charge in [0, 0.05) is 12.3 Å². The lowest BCUT2D eigenvalue weighted by Crippen LogP contribution is -2.45. The van der Waals surface area contributed by atoms with Crippen LogP contribution in [-0.2, 0) is 21.1 Å². The van der Waals surface area contributed by atoms with Crippen molar-refractivity contribution in [2.45, 2.75) is 17.4 Å². The van der Waals surface area contributed by atoms with Crippen LogP contribution >= 0.6 is 0 Å². The van der Waals surface area contributed by atoms with Crippen molar-refractivity contribution >= 4 is 15.8 Å². The average molecular weight is 459 g/mol. The molecule has 0 radical (unpaired) electrons. The van der Waals surface area contributed by atoms with Gasteiger partial charge in [0.2, 0.25) is 0 Å². The Bertz CT molecular complexity index is 1280. The van der Waals surface area contributed by atoms with Crippen molar-refractivity contribution in [1.82, 2.24) is 0 Å². The summed E-state index contributed by atoms with van der Waals surface area (Å²) in [5.74, 6) is -2.40. The molecule has 1 unspecified atom stereocenters. The Morgan fingerprint density at radius 2 is 1.69 bits per heavy atom. The highest BCUT2D eigenvalue weighted by Gasteiger charge is 2.24. The largest absolute Gasteiger partial charge is 0.546 e. The van der Waals surface area contributed by atoms with Crippen molar-refractivity contribution in [3.63, 3.8) is 0 Å². The lowest BCUT2D eigenvalue weighted by atomic mass is 9.94. The Morgan fingerprint density at radius 1 is 1.03 bits per heavy atom. The number of rotatable bonds is 5. The first-order valence-electron chi connectivity index (χ1n) is 9.53. The number of carboxylic acid groups (broad SMARTS) is 1. The Labute approximate surface area is 183 Å². The number of carbonyl (C=O) groups excluding carboxylic acids is 1. The highest BCUT2D eigenvalue weighted by Crippen LogP contribution is 2.39. The summed E-state index contributed by atoms with van der Waals surface area (Å²) in [5.41, 5.74) is 2.17. The van der Waals surface area contributed by atoms with E-state index in [1.807, 2.05) is 0 Å². The van der Waals surface area contributed by atoms with Gasteiger partial charge in [-0.3, -0.25) is 0 Å². The van der Waals surface area contributed by atoms with Crippen LogP contribution < -0.4 is 14.6 Å². The molecule has 0 saturated carbocycles. The second kappa shape index (κ2) is 8.23. The fraction of sp³-hybridized carbons (Fsp3) is 0.174. The highest BCUT2D eigenvalue weighted by molar-refractivity contribution is 7.90. The van der Waals surface area contributed by atoms with Crippen LogP contribution in [0.1, 0.15) is 11.1 Å². The van der Waals surface area contributed by atoms with Crippen LogP contribution in [0.4, 0.5) is 8.78 Å². The third-order valence-corrected chi connectivity index (χ3v) is 6.13. The SMILES string of the molecule is CS(=O)(=O)c1ccc(-c2cc3c(cc2Cc2cc(F)cc(F)c2)OCC(C(=O)[O-])O3)cc1. The second-order valence-electron chi connectivity index (χ2n) is 7.44. The maximum absolute atomic E-state index is 13.7. The molecule has 1 aliphatic rings. The van der Waals surface area contributed by atoms with Gasteiger partial charge in [-0.05, 0) is 65.1 Å². The van der Waals surface area contributed by atoms with Crippen LogP contribution in [0.5, 0.6) is 11.5 Å². The van der Waals surface area contributed by atoms with Gasteiger partial charge < -0.3 is 19.4 Å². The molecule has 0 fully saturated rings. The molecule has 0 aliphatic carbocycles. The quantitative estimate of drug-likeness (QED) is 0.582. The molecule has 6 nitrogen and oxygen atoms in total. The zero-order valence-corrected chi connectivity index (χ0v) is 17.6. The van der Waals surface area contributed by atoms with Crippen LogP contribution in [-0.4, -0.2) is 33.4 Å². The van der Waals surface area contributed by atoms with E-state index in [-0.39, 0.29) is 29.4 Å².